The molecule has 0 N–H and O–H groups in total. The van der Waals surface area contributed by atoms with E-state index >= 15 is 0 Å². The highest BCUT2D eigenvalue weighted by Gasteiger charge is 2.07. The average Bonchev–Trinajstić information content (AvgIpc) is 2.72. The van der Waals surface area contributed by atoms with Crippen molar-refractivity contribution in [3.8, 4) is 17.0 Å². The molecule has 0 fully saturated rings. The first-order valence-corrected chi connectivity index (χ1v) is 5.01. The lowest BCUT2D eigenvalue weighted by molar-refractivity contribution is -0.255. The molecule has 0 saturated heterocycles. The van der Waals surface area contributed by atoms with E-state index in [2.05, 4.69) is 5.10 Å². The molecule has 1 heterocycles. The third-order valence-corrected chi connectivity index (χ3v) is 2.47. The highest BCUT2D eigenvalue weighted by molar-refractivity contribution is 5.85. The van der Waals surface area contributed by atoms with Crippen molar-refractivity contribution in [1.82, 2.24) is 9.78 Å². The summed E-state index contributed by atoms with van der Waals surface area (Å²) in [5, 5.41) is 14.5. The number of carbonyl (C=O) groups is 1. The van der Waals surface area contributed by atoms with E-state index in [1.54, 1.807) is 26.3 Å². The van der Waals surface area contributed by atoms with E-state index in [0.29, 0.717) is 5.69 Å². The molecule has 0 amide bonds. The van der Waals surface area contributed by atoms with Crippen molar-refractivity contribution in [2.45, 2.75) is 0 Å². The first kappa shape index (κ1) is 11.2. The molecular formula is C12H11N2O3-. The second-order valence-corrected chi connectivity index (χ2v) is 3.55. The monoisotopic (exact) mass is 231 g/mol. The lowest BCUT2D eigenvalue weighted by Gasteiger charge is -2.03. The van der Waals surface area contributed by atoms with E-state index in [-0.39, 0.29) is 5.69 Å². The minimum absolute atomic E-state index is 0.0710. The smallest absolute Gasteiger partial charge is 0.118 e. The number of hydrogen-bond acceptors (Lipinski definition) is 4. The molecule has 0 radical (unpaired) electrons. The molecule has 5 heteroatoms. The van der Waals surface area contributed by atoms with Crippen LogP contribution in [-0.4, -0.2) is 22.9 Å². The normalized spacial score (nSPS) is 10.2. The fourth-order valence-electron chi connectivity index (χ4n) is 1.60. The molecule has 5 nitrogen and oxygen atoms in total. The third-order valence-electron chi connectivity index (χ3n) is 2.47. The number of aromatic carboxylic acids is 1. The molecule has 0 aliphatic heterocycles. The van der Waals surface area contributed by atoms with Gasteiger partial charge in [0, 0.05) is 12.6 Å². The predicted molar refractivity (Wildman–Crippen MR) is 59.5 cm³/mol. The minimum Gasteiger partial charge on any atom is -0.543 e. The number of aryl methyl sites for hydroxylation is 1. The van der Waals surface area contributed by atoms with Crippen LogP contribution in [0.4, 0.5) is 0 Å². The Hall–Kier alpha value is -2.30. The maximum Gasteiger partial charge on any atom is 0.118 e. The van der Waals surface area contributed by atoms with Crippen LogP contribution in [0.1, 0.15) is 10.5 Å². The Kier molecular flexibility index (Phi) is 2.82. The first-order valence-electron chi connectivity index (χ1n) is 5.01. The van der Waals surface area contributed by atoms with Gasteiger partial charge in [0.05, 0.1) is 18.8 Å². The Bertz CT molecular complexity index is 543. The van der Waals surface area contributed by atoms with Crippen molar-refractivity contribution in [2.75, 3.05) is 7.11 Å². The number of rotatable bonds is 3. The molecule has 2 aromatic rings. The molecule has 2 rings (SSSR count). The number of ether oxygens (including phenoxy) is 1. The van der Waals surface area contributed by atoms with Crippen molar-refractivity contribution >= 4 is 5.97 Å². The van der Waals surface area contributed by atoms with E-state index in [1.807, 2.05) is 12.1 Å². The summed E-state index contributed by atoms with van der Waals surface area (Å²) in [6, 6.07) is 8.78. The fourth-order valence-corrected chi connectivity index (χ4v) is 1.60. The third kappa shape index (κ3) is 2.13. The van der Waals surface area contributed by atoms with E-state index in [4.69, 9.17) is 4.74 Å². The Labute approximate surface area is 98.3 Å². The van der Waals surface area contributed by atoms with Gasteiger partial charge in [-0.1, -0.05) is 0 Å². The molecule has 0 unspecified atom stereocenters. The quantitative estimate of drug-likeness (QED) is 0.769. The Morgan fingerprint density at radius 1 is 1.35 bits per heavy atom. The second-order valence-electron chi connectivity index (χ2n) is 3.55. The van der Waals surface area contributed by atoms with Crippen LogP contribution in [0, 0.1) is 0 Å². The van der Waals surface area contributed by atoms with Gasteiger partial charge >= 0.3 is 0 Å². The summed E-state index contributed by atoms with van der Waals surface area (Å²) in [5.41, 5.74) is 1.51. The number of benzene rings is 1. The van der Waals surface area contributed by atoms with Gasteiger partial charge in [-0.3, -0.25) is 4.68 Å². The zero-order valence-corrected chi connectivity index (χ0v) is 9.51. The Morgan fingerprint density at radius 3 is 2.47 bits per heavy atom. The second kappa shape index (κ2) is 4.29. The number of carboxylic acid groups (broad SMARTS) is 1. The lowest BCUT2D eigenvalue weighted by Crippen LogP contribution is -2.22. The summed E-state index contributed by atoms with van der Waals surface area (Å²) in [6.45, 7) is 0. The molecule has 0 spiro atoms. The van der Waals surface area contributed by atoms with E-state index in [1.165, 1.54) is 10.7 Å². The van der Waals surface area contributed by atoms with E-state index < -0.39 is 5.97 Å². The van der Waals surface area contributed by atoms with Gasteiger partial charge in [-0.2, -0.15) is 5.10 Å². The predicted octanol–water partition coefficient (Wildman–Crippen LogP) is 0.459. The summed E-state index contributed by atoms with van der Waals surface area (Å²) in [5.74, 6) is -0.531. The molecule has 0 saturated carbocycles. The fraction of sp³-hybridized carbons (Fsp3) is 0.167. The van der Waals surface area contributed by atoms with Crippen LogP contribution in [-0.2, 0) is 7.05 Å². The highest BCUT2D eigenvalue weighted by Crippen LogP contribution is 2.22. The molecule has 0 atom stereocenters. The number of hydrogen-bond donors (Lipinski definition) is 0. The van der Waals surface area contributed by atoms with E-state index in [9.17, 15) is 9.90 Å². The lowest BCUT2D eigenvalue weighted by atomic mass is 10.1. The van der Waals surface area contributed by atoms with Crippen LogP contribution < -0.4 is 9.84 Å². The molecule has 1 aromatic heterocycles. The first-order chi connectivity index (χ1) is 8.11. The van der Waals surface area contributed by atoms with Gasteiger partial charge in [-0.15, -0.1) is 0 Å². The number of methoxy groups -OCH3 is 1. The van der Waals surface area contributed by atoms with Gasteiger partial charge in [0.2, 0.25) is 0 Å². The number of carbonyl (C=O) groups excluding carboxylic acids is 1. The van der Waals surface area contributed by atoms with Gasteiger partial charge < -0.3 is 14.6 Å². The van der Waals surface area contributed by atoms with Crippen LogP contribution >= 0.6 is 0 Å². The summed E-state index contributed by atoms with van der Waals surface area (Å²) >= 11 is 0. The van der Waals surface area contributed by atoms with Crippen LogP contribution in [0.15, 0.2) is 30.3 Å². The number of carboxylic acids is 1. The molecule has 0 bridgehead atoms. The van der Waals surface area contributed by atoms with Crippen LogP contribution in [0.5, 0.6) is 5.75 Å². The van der Waals surface area contributed by atoms with Crippen LogP contribution in [0.2, 0.25) is 0 Å². The Morgan fingerprint density at radius 2 is 2.00 bits per heavy atom. The van der Waals surface area contributed by atoms with Gasteiger partial charge in [-0.05, 0) is 30.3 Å². The van der Waals surface area contributed by atoms with Gasteiger partial charge in [0.1, 0.15) is 11.4 Å². The van der Waals surface area contributed by atoms with Crippen LogP contribution in [0.3, 0.4) is 0 Å². The number of nitrogens with zero attached hydrogens (tertiary/aromatic N) is 2. The maximum absolute atomic E-state index is 10.7. The van der Waals surface area contributed by atoms with Crippen LogP contribution in [0.25, 0.3) is 11.3 Å². The van der Waals surface area contributed by atoms with Gasteiger partial charge in [0.15, 0.2) is 0 Å². The van der Waals surface area contributed by atoms with Gasteiger partial charge in [0.25, 0.3) is 0 Å². The topological polar surface area (TPSA) is 67.2 Å². The standard InChI is InChI=1S/C12H12N2O3/c1-14-11(7-10(13-14)12(15)16)8-3-5-9(17-2)6-4-8/h3-7H,1-2H3,(H,15,16)/p-1. The van der Waals surface area contributed by atoms with Gasteiger partial charge in [-0.25, -0.2) is 0 Å². The summed E-state index contributed by atoms with van der Waals surface area (Å²) < 4.78 is 6.56. The van der Waals surface area contributed by atoms with Crippen molar-refractivity contribution in [1.29, 1.82) is 0 Å². The molecule has 0 aliphatic carbocycles. The van der Waals surface area contributed by atoms with Crippen molar-refractivity contribution in [2.24, 2.45) is 7.05 Å². The molecule has 88 valence electrons. The maximum atomic E-state index is 10.7. The SMILES string of the molecule is COc1ccc(-c2cc(C(=O)[O-])nn2C)cc1. The molecule has 0 aliphatic rings. The zero-order valence-electron chi connectivity index (χ0n) is 9.51. The molecule has 17 heavy (non-hydrogen) atoms. The van der Waals surface area contributed by atoms with Crippen molar-refractivity contribution in [3.63, 3.8) is 0 Å². The largest absolute Gasteiger partial charge is 0.543 e. The van der Waals surface area contributed by atoms with Crippen molar-refractivity contribution < 1.29 is 14.6 Å². The van der Waals surface area contributed by atoms with E-state index in [0.717, 1.165) is 11.3 Å². The average molecular weight is 231 g/mol. The summed E-state index contributed by atoms with van der Waals surface area (Å²) in [4.78, 5) is 10.7. The minimum atomic E-state index is -1.28. The highest BCUT2D eigenvalue weighted by atomic mass is 16.5. The summed E-state index contributed by atoms with van der Waals surface area (Å²) in [7, 11) is 3.28. The molecular weight excluding hydrogens is 220 g/mol. The summed E-state index contributed by atoms with van der Waals surface area (Å²) in [6.07, 6.45) is 0. The number of aromatic nitrogens is 2. The Balaban J connectivity index is 2.41. The zero-order chi connectivity index (χ0) is 12.4. The van der Waals surface area contributed by atoms with Crippen molar-refractivity contribution in [3.05, 3.63) is 36.0 Å². The molecule has 1 aromatic carbocycles.